The second-order valence-electron chi connectivity index (χ2n) is 8.87. The van der Waals surface area contributed by atoms with Crippen molar-refractivity contribution in [3.05, 3.63) is 87.6 Å². The zero-order valence-electron chi connectivity index (χ0n) is 19.0. The topological polar surface area (TPSA) is 69.7 Å². The molecule has 34 heavy (non-hydrogen) atoms. The molecule has 6 nitrogen and oxygen atoms in total. The predicted molar refractivity (Wildman–Crippen MR) is 134 cm³/mol. The van der Waals surface area contributed by atoms with Gasteiger partial charge in [-0.2, -0.15) is 4.31 Å². The van der Waals surface area contributed by atoms with Crippen molar-refractivity contribution >= 4 is 27.3 Å². The van der Waals surface area contributed by atoms with Crippen molar-refractivity contribution in [3.8, 4) is 0 Å². The van der Waals surface area contributed by atoms with E-state index in [1.54, 1.807) is 29.5 Å². The van der Waals surface area contributed by atoms with Crippen LogP contribution in [0.3, 0.4) is 0 Å². The molecule has 2 aromatic carbocycles. The summed E-state index contributed by atoms with van der Waals surface area (Å²) >= 11 is 1.70. The molecule has 5 rings (SSSR count). The third-order valence-corrected chi connectivity index (χ3v) is 9.55. The maximum atomic E-state index is 13.4. The Kier molecular flexibility index (Phi) is 6.83. The number of nitrogens with zero attached hydrogens (tertiary/aromatic N) is 2. The van der Waals surface area contributed by atoms with Crippen LogP contribution in [-0.4, -0.2) is 49.7 Å². The summed E-state index contributed by atoms with van der Waals surface area (Å²) in [6.45, 7) is 3.36. The fourth-order valence-electron chi connectivity index (χ4n) is 4.86. The number of thiophene rings is 1. The lowest BCUT2D eigenvalue weighted by molar-refractivity contribution is 0.0938. The van der Waals surface area contributed by atoms with E-state index in [1.165, 1.54) is 33.7 Å². The lowest BCUT2D eigenvalue weighted by atomic mass is 10.0. The summed E-state index contributed by atoms with van der Waals surface area (Å²) in [5.74, 6) is -0.248. The number of amides is 1. The zero-order valence-corrected chi connectivity index (χ0v) is 20.7. The molecule has 0 saturated carbocycles. The molecule has 0 bridgehead atoms. The lowest BCUT2D eigenvalue weighted by Crippen LogP contribution is -2.37. The number of sulfonamides is 1. The molecular formula is C26H29N3O3S2. The average Bonchev–Trinajstić information content (AvgIpc) is 3.59. The highest BCUT2D eigenvalue weighted by Gasteiger charge is 2.29. The van der Waals surface area contributed by atoms with Gasteiger partial charge in [0, 0.05) is 30.1 Å². The predicted octanol–water partition coefficient (Wildman–Crippen LogP) is 4.06. The molecular weight excluding hydrogens is 466 g/mol. The van der Waals surface area contributed by atoms with Crippen molar-refractivity contribution in [3.63, 3.8) is 0 Å². The number of hydrogen-bond acceptors (Lipinski definition) is 5. The van der Waals surface area contributed by atoms with E-state index in [4.69, 9.17) is 0 Å². The van der Waals surface area contributed by atoms with Crippen LogP contribution in [0.4, 0.5) is 0 Å². The Morgan fingerprint density at radius 3 is 2.53 bits per heavy atom. The maximum Gasteiger partial charge on any atom is 0.251 e. The number of benzene rings is 2. The first kappa shape index (κ1) is 23.2. The van der Waals surface area contributed by atoms with Crippen LogP contribution in [-0.2, 0) is 23.0 Å². The molecule has 0 spiro atoms. The highest BCUT2D eigenvalue weighted by atomic mass is 32.2. The van der Waals surface area contributed by atoms with E-state index in [0.29, 0.717) is 31.6 Å². The molecule has 1 saturated heterocycles. The van der Waals surface area contributed by atoms with Crippen LogP contribution in [0.2, 0.25) is 0 Å². The van der Waals surface area contributed by atoms with Crippen molar-refractivity contribution in [2.75, 3.05) is 26.2 Å². The number of carbonyl (C=O) groups excluding carboxylic acids is 1. The zero-order chi connectivity index (χ0) is 23.5. The number of rotatable bonds is 7. The molecule has 8 heteroatoms. The van der Waals surface area contributed by atoms with Crippen molar-refractivity contribution in [1.82, 2.24) is 14.5 Å². The van der Waals surface area contributed by atoms with Crippen LogP contribution in [0, 0.1) is 0 Å². The minimum Gasteiger partial charge on any atom is -0.350 e. The van der Waals surface area contributed by atoms with Crippen molar-refractivity contribution in [2.24, 2.45) is 0 Å². The Morgan fingerprint density at radius 1 is 0.971 bits per heavy atom. The molecule has 0 aliphatic carbocycles. The fraction of sp³-hybridized carbons (Fsp3) is 0.346. The summed E-state index contributed by atoms with van der Waals surface area (Å²) < 4.78 is 28.2. The van der Waals surface area contributed by atoms with Gasteiger partial charge in [-0.1, -0.05) is 36.4 Å². The van der Waals surface area contributed by atoms with E-state index in [2.05, 4.69) is 27.7 Å². The first-order chi connectivity index (χ1) is 16.5. The first-order valence-corrected chi connectivity index (χ1v) is 14.1. The average molecular weight is 496 g/mol. The van der Waals surface area contributed by atoms with Crippen LogP contribution in [0.5, 0.6) is 0 Å². The van der Waals surface area contributed by atoms with Gasteiger partial charge in [-0.15, -0.1) is 11.3 Å². The highest BCUT2D eigenvalue weighted by molar-refractivity contribution is 7.89. The Balaban J connectivity index is 1.30. The first-order valence-electron chi connectivity index (χ1n) is 11.7. The molecule has 1 atom stereocenters. The van der Waals surface area contributed by atoms with E-state index in [9.17, 15) is 13.2 Å². The molecule has 3 aromatic rings. The van der Waals surface area contributed by atoms with Crippen LogP contribution < -0.4 is 5.32 Å². The van der Waals surface area contributed by atoms with E-state index in [-0.39, 0.29) is 16.8 Å². The third-order valence-electron chi connectivity index (χ3n) is 6.74. The number of fused-ring (bicyclic) bond motifs is 1. The van der Waals surface area contributed by atoms with Crippen LogP contribution in [0.1, 0.15) is 45.2 Å². The Hall–Kier alpha value is -2.52. The molecule has 3 heterocycles. The van der Waals surface area contributed by atoms with Gasteiger partial charge in [-0.25, -0.2) is 8.42 Å². The third kappa shape index (κ3) is 4.81. The smallest absolute Gasteiger partial charge is 0.251 e. The Bertz CT molecular complexity index is 1250. The molecule has 1 fully saturated rings. The monoisotopic (exact) mass is 495 g/mol. The second kappa shape index (κ2) is 10.00. The Morgan fingerprint density at radius 2 is 1.76 bits per heavy atom. The van der Waals surface area contributed by atoms with Crippen LogP contribution >= 0.6 is 11.3 Å². The van der Waals surface area contributed by atoms with Gasteiger partial charge in [0.2, 0.25) is 10.0 Å². The Labute approximate surface area is 205 Å². The van der Waals surface area contributed by atoms with E-state index < -0.39 is 10.0 Å². The van der Waals surface area contributed by atoms with E-state index >= 15 is 0 Å². The SMILES string of the molecule is O=C(NCC(c1cccs1)N1CCCC1)c1cccc(S(=O)(=O)N2CCc3ccccc3C2)c1. The lowest BCUT2D eigenvalue weighted by Gasteiger charge is -2.28. The van der Waals surface area contributed by atoms with Crippen molar-refractivity contribution in [1.29, 1.82) is 0 Å². The number of carbonyl (C=O) groups is 1. The van der Waals surface area contributed by atoms with Crippen molar-refractivity contribution < 1.29 is 13.2 Å². The van der Waals surface area contributed by atoms with Gasteiger partial charge in [0.1, 0.15) is 0 Å². The quantitative estimate of drug-likeness (QED) is 0.537. The summed E-state index contributed by atoms with van der Waals surface area (Å²) in [5, 5.41) is 5.12. The normalized spacial score (nSPS) is 17.9. The summed E-state index contributed by atoms with van der Waals surface area (Å²) in [4.78, 5) is 16.8. The highest BCUT2D eigenvalue weighted by Crippen LogP contribution is 2.28. The number of likely N-dealkylation sites (tertiary alicyclic amines) is 1. The van der Waals surface area contributed by atoms with Crippen molar-refractivity contribution in [2.45, 2.75) is 36.7 Å². The molecule has 1 amide bonds. The van der Waals surface area contributed by atoms with Crippen LogP contribution in [0.25, 0.3) is 0 Å². The minimum absolute atomic E-state index is 0.145. The summed E-state index contributed by atoms with van der Waals surface area (Å²) in [7, 11) is -3.69. The molecule has 1 aromatic heterocycles. The van der Waals surface area contributed by atoms with E-state index in [1.807, 2.05) is 24.3 Å². The molecule has 2 aliphatic rings. The van der Waals surface area contributed by atoms with Gasteiger partial charge in [0.15, 0.2) is 0 Å². The fourth-order valence-corrected chi connectivity index (χ4v) is 7.18. The van der Waals surface area contributed by atoms with Gasteiger partial charge in [-0.05, 0) is 73.1 Å². The van der Waals surface area contributed by atoms with Gasteiger partial charge < -0.3 is 5.32 Å². The summed E-state index contributed by atoms with van der Waals surface area (Å²) in [6, 6.07) is 18.7. The molecule has 0 radical (unpaired) electrons. The molecule has 1 N–H and O–H groups in total. The number of hydrogen-bond donors (Lipinski definition) is 1. The molecule has 1 unspecified atom stereocenters. The molecule has 178 valence electrons. The largest absolute Gasteiger partial charge is 0.350 e. The maximum absolute atomic E-state index is 13.4. The van der Waals surface area contributed by atoms with Gasteiger partial charge in [-0.3, -0.25) is 9.69 Å². The standard InChI is InChI=1S/C26H29N3O3S2/c30-26(27-18-24(25-11-6-16-33-25)28-13-3-4-14-28)21-9-5-10-23(17-21)34(31,32)29-15-12-20-7-1-2-8-22(20)19-29/h1-2,5-11,16-17,24H,3-4,12-15,18-19H2,(H,27,30). The van der Waals surface area contributed by atoms with E-state index in [0.717, 1.165) is 18.7 Å². The number of nitrogens with one attached hydrogen (secondary N) is 1. The van der Waals surface area contributed by atoms with Crippen LogP contribution in [0.15, 0.2) is 70.9 Å². The van der Waals surface area contributed by atoms with Gasteiger partial charge in [0.25, 0.3) is 5.91 Å². The summed E-state index contributed by atoms with van der Waals surface area (Å²) in [6.07, 6.45) is 3.05. The summed E-state index contributed by atoms with van der Waals surface area (Å²) in [5.41, 5.74) is 2.60. The van der Waals surface area contributed by atoms with Gasteiger partial charge in [0.05, 0.1) is 10.9 Å². The van der Waals surface area contributed by atoms with Gasteiger partial charge >= 0.3 is 0 Å². The molecule has 2 aliphatic heterocycles. The second-order valence-corrected chi connectivity index (χ2v) is 11.8. The minimum atomic E-state index is -3.69.